The Labute approximate surface area is 189 Å². The highest BCUT2D eigenvalue weighted by Crippen LogP contribution is 2.37. The fourth-order valence-corrected chi connectivity index (χ4v) is 6.96. The standard InChI is InChI=1S/C22H31N3O4S2/c1-16-9-11-24(12-10-16)31(28,29)18-7-8-20-19(13-18)25(22(27)15-30-20)14-21(26)23-17-5-3-2-4-6-17/h7-8,13,16-17H,2-6,9-12,14-15H2,1H3,(H,23,26). The summed E-state index contributed by atoms with van der Waals surface area (Å²) in [6.07, 6.45) is 7.09. The monoisotopic (exact) mass is 465 g/mol. The largest absolute Gasteiger partial charge is 0.352 e. The van der Waals surface area contributed by atoms with E-state index in [2.05, 4.69) is 12.2 Å². The van der Waals surface area contributed by atoms with Crippen molar-refractivity contribution in [1.82, 2.24) is 9.62 Å². The van der Waals surface area contributed by atoms with E-state index in [4.69, 9.17) is 0 Å². The first-order valence-corrected chi connectivity index (χ1v) is 13.6. The normalized spacial score (nSPS) is 21.7. The molecule has 1 N–H and O–H groups in total. The molecule has 0 radical (unpaired) electrons. The Hall–Kier alpha value is -1.58. The van der Waals surface area contributed by atoms with E-state index >= 15 is 0 Å². The molecule has 0 bridgehead atoms. The minimum absolute atomic E-state index is 0.0758. The Morgan fingerprint density at radius 3 is 2.55 bits per heavy atom. The van der Waals surface area contributed by atoms with Crippen molar-refractivity contribution >= 4 is 39.3 Å². The molecule has 0 aromatic heterocycles. The molecule has 0 unspecified atom stereocenters. The van der Waals surface area contributed by atoms with Gasteiger partial charge in [0, 0.05) is 24.0 Å². The second kappa shape index (κ2) is 9.50. The van der Waals surface area contributed by atoms with Crippen molar-refractivity contribution in [2.24, 2.45) is 5.92 Å². The lowest BCUT2D eigenvalue weighted by Gasteiger charge is -2.32. The maximum Gasteiger partial charge on any atom is 0.243 e. The number of hydrogen-bond acceptors (Lipinski definition) is 5. The first-order chi connectivity index (χ1) is 14.8. The van der Waals surface area contributed by atoms with E-state index in [0.29, 0.717) is 24.7 Å². The highest BCUT2D eigenvalue weighted by Gasteiger charge is 2.32. The van der Waals surface area contributed by atoms with E-state index in [-0.39, 0.29) is 35.0 Å². The van der Waals surface area contributed by atoms with Crippen LogP contribution in [-0.4, -0.2) is 56.0 Å². The van der Waals surface area contributed by atoms with Crippen LogP contribution in [0.15, 0.2) is 28.0 Å². The van der Waals surface area contributed by atoms with Crippen molar-refractivity contribution < 1.29 is 18.0 Å². The van der Waals surface area contributed by atoms with Crippen LogP contribution in [0, 0.1) is 5.92 Å². The van der Waals surface area contributed by atoms with Crippen LogP contribution in [0.3, 0.4) is 0 Å². The quantitative estimate of drug-likeness (QED) is 0.722. The van der Waals surface area contributed by atoms with E-state index in [1.165, 1.54) is 27.4 Å². The Morgan fingerprint density at radius 1 is 1.13 bits per heavy atom. The van der Waals surface area contributed by atoms with Crippen molar-refractivity contribution in [2.75, 3.05) is 30.3 Å². The van der Waals surface area contributed by atoms with Gasteiger partial charge in [0.1, 0.15) is 6.54 Å². The maximum absolute atomic E-state index is 13.2. The highest BCUT2D eigenvalue weighted by molar-refractivity contribution is 8.00. The molecule has 1 aromatic rings. The Kier molecular flexibility index (Phi) is 6.93. The van der Waals surface area contributed by atoms with Gasteiger partial charge in [-0.3, -0.25) is 9.59 Å². The number of fused-ring (bicyclic) bond motifs is 1. The van der Waals surface area contributed by atoms with Crippen molar-refractivity contribution in [1.29, 1.82) is 0 Å². The fraction of sp³-hybridized carbons (Fsp3) is 0.636. The van der Waals surface area contributed by atoms with Crippen LogP contribution >= 0.6 is 11.8 Å². The molecule has 7 nitrogen and oxygen atoms in total. The van der Waals surface area contributed by atoms with Gasteiger partial charge in [-0.15, -0.1) is 11.8 Å². The number of hydrogen-bond donors (Lipinski definition) is 1. The van der Waals surface area contributed by atoms with Gasteiger partial charge in [-0.1, -0.05) is 26.2 Å². The molecular weight excluding hydrogens is 434 g/mol. The van der Waals surface area contributed by atoms with Crippen LogP contribution in [0.5, 0.6) is 0 Å². The molecule has 2 fully saturated rings. The molecule has 170 valence electrons. The van der Waals surface area contributed by atoms with Crippen LogP contribution in [0.25, 0.3) is 0 Å². The summed E-state index contributed by atoms with van der Waals surface area (Å²) in [4.78, 5) is 27.8. The van der Waals surface area contributed by atoms with Gasteiger partial charge in [0.05, 0.1) is 16.3 Å². The topological polar surface area (TPSA) is 86.8 Å². The third kappa shape index (κ3) is 5.09. The molecule has 1 saturated carbocycles. The Balaban J connectivity index is 1.53. The number of piperidine rings is 1. The van der Waals surface area contributed by atoms with Gasteiger partial charge in [0.2, 0.25) is 21.8 Å². The number of rotatable bonds is 5. The Morgan fingerprint density at radius 2 is 1.84 bits per heavy atom. The number of thioether (sulfide) groups is 1. The zero-order valence-corrected chi connectivity index (χ0v) is 19.6. The molecule has 3 aliphatic rings. The zero-order chi connectivity index (χ0) is 22.0. The predicted octanol–water partition coefficient (Wildman–Crippen LogP) is 2.99. The summed E-state index contributed by atoms with van der Waals surface area (Å²) in [5.41, 5.74) is 0.520. The molecule has 1 saturated heterocycles. The van der Waals surface area contributed by atoms with E-state index in [0.717, 1.165) is 43.4 Å². The lowest BCUT2D eigenvalue weighted by molar-refractivity contribution is -0.123. The van der Waals surface area contributed by atoms with Gasteiger partial charge in [-0.05, 0) is 49.8 Å². The van der Waals surface area contributed by atoms with Crippen molar-refractivity contribution in [3.63, 3.8) is 0 Å². The smallest absolute Gasteiger partial charge is 0.243 e. The number of benzene rings is 1. The second-order valence-corrected chi connectivity index (χ2v) is 11.8. The SMILES string of the molecule is CC1CCN(S(=O)(=O)c2ccc3c(c2)N(CC(=O)NC2CCCCC2)C(=O)CS3)CC1. The Bertz CT molecular complexity index is 936. The maximum atomic E-state index is 13.2. The van der Waals surface area contributed by atoms with Crippen LogP contribution in [0.4, 0.5) is 5.69 Å². The van der Waals surface area contributed by atoms with Gasteiger partial charge < -0.3 is 10.2 Å². The van der Waals surface area contributed by atoms with Crippen LogP contribution in [-0.2, 0) is 19.6 Å². The summed E-state index contributed by atoms with van der Waals surface area (Å²) in [5, 5.41) is 3.05. The summed E-state index contributed by atoms with van der Waals surface area (Å²) in [6, 6.07) is 5.12. The molecule has 2 heterocycles. The van der Waals surface area contributed by atoms with E-state index in [1.54, 1.807) is 18.2 Å². The van der Waals surface area contributed by atoms with Crippen molar-refractivity contribution in [2.45, 2.75) is 67.7 Å². The number of nitrogens with one attached hydrogen (secondary N) is 1. The van der Waals surface area contributed by atoms with Gasteiger partial charge in [0.25, 0.3) is 0 Å². The van der Waals surface area contributed by atoms with Gasteiger partial charge in [-0.25, -0.2) is 8.42 Å². The zero-order valence-electron chi connectivity index (χ0n) is 18.0. The average molecular weight is 466 g/mol. The van der Waals surface area contributed by atoms with Crippen molar-refractivity contribution in [3.8, 4) is 0 Å². The minimum Gasteiger partial charge on any atom is -0.352 e. The van der Waals surface area contributed by atoms with Crippen LogP contribution < -0.4 is 10.2 Å². The summed E-state index contributed by atoms with van der Waals surface area (Å²) in [7, 11) is -3.63. The fourth-order valence-electron chi connectivity index (χ4n) is 4.55. The first kappa shape index (κ1) is 22.6. The predicted molar refractivity (Wildman–Crippen MR) is 122 cm³/mol. The first-order valence-electron chi connectivity index (χ1n) is 11.2. The summed E-state index contributed by atoms with van der Waals surface area (Å²) in [6.45, 7) is 3.10. The number of nitrogens with zero attached hydrogens (tertiary/aromatic N) is 2. The number of sulfonamides is 1. The number of carbonyl (C=O) groups excluding carboxylic acids is 2. The van der Waals surface area contributed by atoms with E-state index in [9.17, 15) is 18.0 Å². The summed E-state index contributed by atoms with van der Waals surface area (Å²) >= 11 is 1.39. The van der Waals surface area contributed by atoms with E-state index < -0.39 is 10.0 Å². The van der Waals surface area contributed by atoms with Gasteiger partial charge in [0.15, 0.2) is 0 Å². The number of carbonyl (C=O) groups is 2. The van der Waals surface area contributed by atoms with Crippen LogP contribution in [0.2, 0.25) is 0 Å². The number of anilines is 1. The molecule has 1 aromatic carbocycles. The van der Waals surface area contributed by atoms with Gasteiger partial charge in [-0.2, -0.15) is 4.31 Å². The molecule has 31 heavy (non-hydrogen) atoms. The third-order valence-electron chi connectivity index (χ3n) is 6.53. The molecule has 2 aliphatic heterocycles. The molecule has 1 aliphatic carbocycles. The van der Waals surface area contributed by atoms with Crippen LogP contribution in [0.1, 0.15) is 51.9 Å². The molecular formula is C22H31N3O4S2. The molecule has 0 spiro atoms. The molecule has 4 rings (SSSR count). The molecule has 2 amide bonds. The number of amides is 2. The lowest BCUT2D eigenvalue weighted by atomic mass is 9.95. The average Bonchev–Trinajstić information content (AvgIpc) is 2.76. The second-order valence-electron chi connectivity index (χ2n) is 8.89. The highest BCUT2D eigenvalue weighted by atomic mass is 32.2. The molecule has 0 atom stereocenters. The summed E-state index contributed by atoms with van der Waals surface area (Å²) in [5.74, 6) is 0.427. The molecule has 9 heteroatoms. The van der Waals surface area contributed by atoms with Crippen molar-refractivity contribution in [3.05, 3.63) is 18.2 Å². The minimum atomic E-state index is -3.63. The van der Waals surface area contributed by atoms with E-state index in [1.807, 2.05) is 0 Å². The summed E-state index contributed by atoms with van der Waals surface area (Å²) < 4.78 is 27.9. The van der Waals surface area contributed by atoms with Gasteiger partial charge >= 0.3 is 0 Å². The third-order valence-corrected chi connectivity index (χ3v) is 9.47. The lowest BCUT2D eigenvalue weighted by Crippen LogP contribution is -2.46.